The zero-order chi connectivity index (χ0) is 9.61. The zero-order valence-corrected chi connectivity index (χ0v) is 8.14. The van der Waals surface area contributed by atoms with Crippen molar-refractivity contribution in [3.05, 3.63) is 0 Å². The number of amides is 1. The van der Waals surface area contributed by atoms with E-state index in [1.165, 1.54) is 7.11 Å². The van der Waals surface area contributed by atoms with Gasteiger partial charge in [-0.2, -0.15) is 0 Å². The van der Waals surface area contributed by atoms with Gasteiger partial charge in [-0.05, 0) is 20.8 Å². The Balaban J connectivity index is 3.67. The van der Waals surface area contributed by atoms with Crippen molar-refractivity contribution in [1.29, 1.82) is 0 Å². The van der Waals surface area contributed by atoms with E-state index in [9.17, 15) is 4.79 Å². The number of hydrogen-bond donors (Lipinski definition) is 1. The molecule has 0 aliphatic heterocycles. The molecule has 0 saturated heterocycles. The van der Waals surface area contributed by atoms with E-state index in [-0.39, 0.29) is 5.60 Å². The summed E-state index contributed by atoms with van der Waals surface area (Å²) in [5, 5.41) is 2.57. The third kappa shape index (κ3) is 4.96. The minimum atomic E-state index is -0.428. The van der Waals surface area contributed by atoms with E-state index in [1.54, 1.807) is 0 Å². The second kappa shape index (κ2) is 4.98. The molecule has 0 heterocycles. The first kappa shape index (κ1) is 11.2. The highest BCUT2D eigenvalue weighted by atomic mass is 16.5. The van der Waals surface area contributed by atoms with Crippen LogP contribution in [-0.4, -0.2) is 32.0 Å². The lowest BCUT2D eigenvalue weighted by Gasteiger charge is -2.24. The van der Waals surface area contributed by atoms with E-state index >= 15 is 0 Å². The Kier molecular flexibility index (Phi) is 4.66. The lowest BCUT2D eigenvalue weighted by molar-refractivity contribution is -0.00843. The molecule has 0 bridgehead atoms. The number of carbonyl (C=O) groups excluding carboxylic acids is 1. The second-order valence-electron chi connectivity index (χ2n) is 3.04. The number of hydrogen-bond acceptors (Lipinski definition) is 3. The van der Waals surface area contributed by atoms with Gasteiger partial charge in [-0.25, -0.2) is 4.79 Å². The van der Waals surface area contributed by atoms with Crippen molar-refractivity contribution in [2.24, 2.45) is 0 Å². The maximum Gasteiger partial charge on any atom is 0.406 e. The number of alkyl carbamates (subject to hydrolysis) is 1. The van der Waals surface area contributed by atoms with Crippen LogP contribution in [0.3, 0.4) is 0 Å². The molecule has 0 aromatic carbocycles. The van der Waals surface area contributed by atoms with Gasteiger partial charge >= 0.3 is 6.09 Å². The van der Waals surface area contributed by atoms with Crippen LogP contribution in [0.25, 0.3) is 0 Å². The Bertz CT molecular complexity index is 145. The number of nitrogens with one attached hydrogen (secondary N) is 1. The Hall–Kier alpha value is -0.770. The normalized spacial score (nSPS) is 11.0. The molecule has 72 valence electrons. The number of ether oxygens (including phenoxy) is 2. The summed E-state index contributed by atoms with van der Waals surface area (Å²) >= 11 is 0. The standard InChI is InChI=1S/C8H17NO3/c1-5-12-8(2,3)6-9-7(10)11-4/h5-6H2,1-4H3,(H,9,10). The lowest BCUT2D eigenvalue weighted by Crippen LogP contribution is -2.40. The van der Waals surface area contributed by atoms with Crippen LogP contribution in [-0.2, 0) is 9.47 Å². The van der Waals surface area contributed by atoms with Gasteiger partial charge in [-0.3, -0.25) is 0 Å². The van der Waals surface area contributed by atoms with Crippen molar-refractivity contribution in [1.82, 2.24) is 5.32 Å². The molecule has 0 rings (SSSR count). The summed E-state index contributed by atoms with van der Waals surface area (Å²) < 4.78 is 9.77. The average Bonchev–Trinajstić information content (AvgIpc) is 2.00. The van der Waals surface area contributed by atoms with Crippen LogP contribution in [0.2, 0.25) is 0 Å². The molecule has 0 aliphatic rings. The molecule has 0 atom stereocenters. The monoisotopic (exact) mass is 175 g/mol. The average molecular weight is 175 g/mol. The number of rotatable bonds is 4. The molecular formula is C8H17NO3. The summed E-state index contributed by atoms with van der Waals surface area (Å²) in [4.78, 5) is 10.7. The first-order valence-electron chi connectivity index (χ1n) is 3.97. The first-order chi connectivity index (χ1) is 5.52. The minimum Gasteiger partial charge on any atom is -0.453 e. The van der Waals surface area contributed by atoms with E-state index in [0.29, 0.717) is 13.2 Å². The van der Waals surface area contributed by atoms with Crippen molar-refractivity contribution in [3.63, 3.8) is 0 Å². The number of methoxy groups -OCH3 is 1. The topological polar surface area (TPSA) is 47.6 Å². The van der Waals surface area contributed by atoms with E-state index in [2.05, 4.69) is 10.1 Å². The predicted molar refractivity (Wildman–Crippen MR) is 46.1 cm³/mol. The molecule has 0 aromatic rings. The molecule has 1 amide bonds. The van der Waals surface area contributed by atoms with Crippen molar-refractivity contribution < 1.29 is 14.3 Å². The summed E-state index contributed by atoms with van der Waals surface area (Å²) in [7, 11) is 1.34. The molecule has 0 spiro atoms. The van der Waals surface area contributed by atoms with E-state index in [1.807, 2.05) is 20.8 Å². The van der Waals surface area contributed by atoms with Gasteiger partial charge in [0.25, 0.3) is 0 Å². The quantitative estimate of drug-likeness (QED) is 0.697. The van der Waals surface area contributed by atoms with Crippen LogP contribution in [0.4, 0.5) is 4.79 Å². The Morgan fingerprint density at radius 1 is 1.50 bits per heavy atom. The molecule has 0 radical (unpaired) electrons. The fraction of sp³-hybridized carbons (Fsp3) is 0.875. The van der Waals surface area contributed by atoms with Crippen LogP contribution in [0.15, 0.2) is 0 Å². The van der Waals surface area contributed by atoms with Gasteiger partial charge < -0.3 is 14.8 Å². The number of carbonyl (C=O) groups is 1. The Morgan fingerprint density at radius 2 is 2.08 bits per heavy atom. The molecule has 1 N–H and O–H groups in total. The SMILES string of the molecule is CCOC(C)(C)CNC(=O)OC. The van der Waals surface area contributed by atoms with Gasteiger partial charge in [0, 0.05) is 13.2 Å². The van der Waals surface area contributed by atoms with Crippen molar-refractivity contribution >= 4 is 6.09 Å². The highest BCUT2D eigenvalue weighted by Gasteiger charge is 2.18. The van der Waals surface area contributed by atoms with Gasteiger partial charge in [-0.15, -0.1) is 0 Å². The third-order valence-corrected chi connectivity index (χ3v) is 1.38. The Labute approximate surface area is 73.2 Å². The fourth-order valence-corrected chi connectivity index (χ4v) is 0.799. The van der Waals surface area contributed by atoms with Gasteiger partial charge in [-0.1, -0.05) is 0 Å². The van der Waals surface area contributed by atoms with Gasteiger partial charge in [0.1, 0.15) is 0 Å². The Morgan fingerprint density at radius 3 is 2.50 bits per heavy atom. The molecular weight excluding hydrogens is 158 g/mol. The van der Waals surface area contributed by atoms with Crippen LogP contribution >= 0.6 is 0 Å². The third-order valence-electron chi connectivity index (χ3n) is 1.38. The minimum absolute atomic E-state index is 0.330. The molecule has 0 unspecified atom stereocenters. The first-order valence-corrected chi connectivity index (χ1v) is 3.97. The summed E-state index contributed by atoms with van der Waals surface area (Å²) in [5.41, 5.74) is -0.330. The molecule has 12 heavy (non-hydrogen) atoms. The van der Waals surface area contributed by atoms with E-state index < -0.39 is 6.09 Å². The molecule has 0 aliphatic carbocycles. The molecule has 0 fully saturated rings. The van der Waals surface area contributed by atoms with Gasteiger partial charge in [0.2, 0.25) is 0 Å². The molecule has 4 heteroatoms. The van der Waals surface area contributed by atoms with Gasteiger partial charge in [0.15, 0.2) is 0 Å². The molecule has 0 aromatic heterocycles. The fourth-order valence-electron chi connectivity index (χ4n) is 0.799. The second-order valence-corrected chi connectivity index (χ2v) is 3.04. The maximum absolute atomic E-state index is 10.7. The van der Waals surface area contributed by atoms with Gasteiger partial charge in [0.05, 0.1) is 12.7 Å². The molecule has 4 nitrogen and oxygen atoms in total. The van der Waals surface area contributed by atoms with Crippen LogP contribution < -0.4 is 5.32 Å². The van der Waals surface area contributed by atoms with Crippen molar-refractivity contribution in [2.45, 2.75) is 26.4 Å². The largest absolute Gasteiger partial charge is 0.453 e. The van der Waals surface area contributed by atoms with Crippen LogP contribution in [0.1, 0.15) is 20.8 Å². The highest BCUT2D eigenvalue weighted by Crippen LogP contribution is 2.06. The summed E-state index contributed by atoms with van der Waals surface area (Å²) in [6, 6.07) is 0. The maximum atomic E-state index is 10.7. The van der Waals surface area contributed by atoms with E-state index in [0.717, 1.165) is 0 Å². The summed E-state index contributed by atoms with van der Waals surface area (Å²) in [5.74, 6) is 0. The highest BCUT2D eigenvalue weighted by molar-refractivity contribution is 5.66. The molecule has 0 saturated carbocycles. The van der Waals surface area contributed by atoms with E-state index in [4.69, 9.17) is 4.74 Å². The smallest absolute Gasteiger partial charge is 0.406 e. The summed E-state index contributed by atoms with van der Waals surface area (Å²) in [6.45, 7) is 6.82. The lowest BCUT2D eigenvalue weighted by atomic mass is 10.1. The predicted octanol–water partition coefficient (Wildman–Crippen LogP) is 1.16. The van der Waals surface area contributed by atoms with Crippen molar-refractivity contribution in [3.8, 4) is 0 Å². The zero-order valence-electron chi connectivity index (χ0n) is 8.14. The van der Waals surface area contributed by atoms with Crippen molar-refractivity contribution in [2.75, 3.05) is 20.3 Å². The van der Waals surface area contributed by atoms with Crippen LogP contribution in [0, 0.1) is 0 Å². The summed E-state index contributed by atoms with van der Waals surface area (Å²) in [6.07, 6.45) is -0.428. The van der Waals surface area contributed by atoms with Crippen LogP contribution in [0.5, 0.6) is 0 Å².